The predicted molar refractivity (Wildman–Crippen MR) is 71.7 cm³/mol. The van der Waals surface area contributed by atoms with E-state index in [-0.39, 0.29) is 5.69 Å². The molecule has 0 aliphatic heterocycles. The molecule has 1 aliphatic carbocycles. The summed E-state index contributed by atoms with van der Waals surface area (Å²) < 4.78 is 1.78. The lowest BCUT2D eigenvalue weighted by atomic mass is 10.2. The van der Waals surface area contributed by atoms with E-state index in [0.29, 0.717) is 17.5 Å². The minimum absolute atomic E-state index is 0.115. The topological polar surface area (TPSA) is 55.1 Å². The second kappa shape index (κ2) is 4.70. The van der Waals surface area contributed by atoms with Gasteiger partial charge in [0.05, 0.1) is 6.54 Å². The van der Waals surface area contributed by atoms with Gasteiger partial charge >= 0.3 is 5.97 Å². The van der Waals surface area contributed by atoms with Crippen LogP contribution in [0.1, 0.15) is 40.5 Å². The van der Waals surface area contributed by atoms with Crippen molar-refractivity contribution in [2.24, 2.45) is 0 Å². The first kappa shape index (κ1) is 12.2. The molecule has 4 nitrogen and oxygen atoms in total. The molecule has 5 heteroatoms. The summed E-state index contributed by atoms with van der Waals surface area (Å²) in [7, 11) is 0. The van der Waals surface area contributed by atoms with Gasteiger partial charge < -0.3 is 5.11 Å². The molecule has 2 aromatic rings. The molecule has 1 N–H and O–H groups in total. The fourth-order valence-electron chi connectivity index (χ4n) is 2.18. The highest BCUT2D eigenvalue weighted by Gasteiger charge is 2.29. The number of hydrogen-bond acceptors (Lipinski definition) is 2. The largest absolute Gasteiger partial charge is 0.476 e. The van der Waals surface area contributed by atoms with Gasteiger partial charge in [0, 0.05) is 16.6 Å². The zero-order chi connectivity index (χ0) is 13.4. The van der Waals surface area contributed by atoms with Crippen molar-refractivity contribution < 1.29 is 9.90 Å². The summed E-state index contributed by atoms with van der Waals surface area (Å²) in [6.45, 7) is 0.555. The molecule has 0 spiro atoms. The van der Waals surface area contributed by atoms with Crippen LogP contribution < -0.4 is 0 Å². The Labute approximate surface area is 115 Å². The second-order valence-corrected chi connectivity index (χ2v) is 5.26. The number of carbonyl (C=O) groups is 1. The molecule has 1 aromatic carbocycles. The first-order valence-corrected chi connectivity index (χ1v) is 6.57. The summed E-state index contributed by atoms with van der Waals surface area (Å²) in [5.41, 5.74) is 2.15. The highest BCUT2D eigenvalue weighted by atomic mass is 35.5. The van der Waals surface area contributed by atoms with Crippen molar-refractivity contribution in [1.29, 1.82) is 0 Å². The van der Waals surface area contributed by atoms with Crippen LogP contribution in [0.2, 0.25) is 5.02 Å². The summed E-state index contributed by atoms with van der Waals surface area (Å²) in [5, 5.41) is 13.9. The van der Waals surface area contributed by atoms with E-state index in [1.54, 1.807) is 10.7 Å². The lowest BCUT2D eigenvalue weighted by Crippen LogP contribution is -2.07. The van der Waals surface area contributed by atoms with Gasteiger partial charge in [-0.05, 0) is 36.6 Å². The van der Waals surface area contributed by atoms with Gasteiger partial charge in [-0.1, -0.05) is 23.7 Å². The van der Waals surface area contributed by atoms with Crippen LogP contribution >= 0.6 is 11.6 Å². The SMILES string of the molecule is O=C(O)c1cc(C2CC2)n(Cc2cccc(Cl)c2)n1. The molecule has 1 aliphatic rings. The average molecular weight is 277 g/mol. The van der Waals surface area contributed by atoms with E-state index in [0.717, 1.165) is 24.1 Å². The highest BCUT2D eigenvalue weighted by Crippen LogP contribution is 2.40. The normalized spacial score (nSPS) is 14.6. The molecule has 3 rings (SSSR count). The number of carboxylic acids is 1. The lowest BCUT2D eigenvalue weighted by Gasteiger charge is -2.06. The molecular weight excluding hydrogens is 264 g/mol. The van der Waals surface area contributed by atoms with Gasteiger partial charge in [-0.3, -0.25) is 4.68 Å². The van der Waals surface area contributed by atoms with Crippen molar-refractivity contribution in [1.82, 2.24) is 9.78 Å². The van der Waals surface area contributed by atoms with E-state index in [9.17, 15) is 4.79 Å². The molecule has 1 saturated carbocycles. The van der Waals surface area contributed by atoms with Gasteiger partial charge in [-0.2, -0.15) is 5.10 Å². The van der Waals surface area contributed by atoms with Gasteiger partial charge in [0.2, 0.25) is 0 Å². The molecule has 0 atom stereocenters. The second-order valence-electron chi connectivity index (χ2n) is 4.82. The zero-order valence-electron chi connectivity index (χ0n) is 10.2. The number of rotatable bonds is 4. The number of carboxylic acid groups (broad SMARTS) is 1. The van der Waals surface area contributed by atoms with Crippen LogP contribution in [0.4, 0.5) is 0 Å². The van der Waals surface area contributed by atoms with Gasteiger partial charge in [0.25, 0.3) is 0 Å². The quantitative estimate of drug-likeness (QED) is 0.933. The Morgan fingerprint density at radius 2 is 2.21 bits per heavy atom. The standard InChI is InChI=1S/C14H13ClN2O2/c15-11-3-1-2-9(6-11)8-17-13(10-4-5-10)7-12(16-17)14(18)19/h1-3,6-7,10H,4-5,8H2,(H,18,19). The first-order chi connectivity index (χ1) is 9.13. The molecule has 0 unspecified atom stereocenters. The molecule has 1 fully saturated rings. The van der Waals surface area contributed by atoms with E-state index >= 15 is 0 Å². The number of halogens is 1. The molecule has 1 heterocycles. The van der Waals surface area contributed by atoms with Gasteiger partial charge in [-0.15, -0.1) is 0 Å². The Kier molecular flexibility index (Phi) is 3.03. The molecule has 0 bridgehead atoms. The van der Waals surface area contributed by atoms with Crippen molar-refractivity contribution in [2.45, 2.75) is 25.3 Å². The maximum absolute atomic E-state index is 11.0. The van der Waals surface area contributed by atoms with E-state index in [4.69, 9.17) is 16.7 Å². The molecule has 0 amide bonds. The Hall–Kier alpha value is -1.81. The van der Waals surface area contributed by atoms with Crippen LogP contribution in [0, 0.1) is 0 Å². The van der Waals surface area contributed by atoms with Crippen molar-refractivity contribution in [2.75, 3.05) is 0 Å². The van der Waals surface area contributed by atoms with Crippen LogP contribution in [0.15, 0.2) is 30.3 Å². The minimum atomic E-state index is -0.980. The molecule has 0 radical (unpaired) electrons. The summed E-state index contributed by atoms with van der Waals surface area (Å²) in [4.78, 5) is 11.0. The molecule has 98 valence electrons. The van der Waals surface area contributed by atoms with E-state index < -0.39 is 5.97 Å². The van der Waals surface area contributed by atoms with Crippen molar-refractivity contribution >= 4 is 17.6 Å². The third-order valence-corrected chi connectivity index (χ3v) is 3.48. The van der Waals surface area contributed by atoms with Crippen LogP contribution in [-0.2, 0) is 6.54 Å². The minimum Gasteiger partial charge on any atom is -0.476 e. The highest BCUT2D eigenvalue weighted by molar-refractivity contribution is 6.30. The fourth-order valence-corrected chi connectivity index (χ4v) is 2.39. The summed E-state index contributed by atoms with van der Waals surface area (Å²) in [6.07, 6.45) is 2.22. The van der Waals surface area contributed by atoms with Gasteiger partial charge in [0.15, 0.2) is 5.69 Å². The maximum atomic E-state index is 11.0. The van der Waals surface area contributed by atoms with E-state index in [1.165, 1.54) is 0 Å². The summed E-state index contributed by atoms with van der Waals surface area (Å²) in [5.74, 6) is -0.522. The average Bonchev–Trinajstić information content (AvgIpc) is 3.11. The number of benzene rings is 1. The van der Waals surface area contributed by atoms with E-state index in [1.807, 2.05) is 24.3 Å². The number of nitrogens with zero attached hydrogens (tertiary/aromatic N) is 2. The van der Waals surface area contributed by atoms with Crippen molar-refractivity contribution in [3.05, 3.63) is 52.3 Å². The summed E-state index contributed by atoms with van der Waals surface area (Å²) in [6, 6.07) is 9.23. The summed E-state index contributed by atoms with van der Waals surface area (Å²) >= 11 is 5.96. The molecule has 0 saturated heterocycles. The third kappa shape index (κ3) is 2.63. The molecule has 1 aromatic heterocycles. The number of aromatic carboxylic acids is 1. The van der Waals surface area contributed by atoms with Crippen LogP contribution in [-0.4, -0.2) is 20.9 Å². The first-order valence-electron chi connectivity index (χ1n) is 6.19. The monoisotopic (exact) mass is 276 g/mol. The number of hydrogen-bond donors (Lipinski definition) is 1. The predicted octanol–water partition coefficient (Wildman–Crippen LogP) is 3.16. The molecule has 19 heavy (non-hydrogen) atoms. The Morgan fingerprint density at radius 3 is 2.84 bits per heavy atom. The molecular formula is C14H13ClN2O2. The zero-order valence-corrected chi connectivity index (χ0v) is 11.0. The Balaban J connectivity index is 1.93. The third-order valence-electron chi connectivity index (χ3n) is 3.25. The fraction of sp³-hybridized carbons (Fsp3) is 0.286. The van der Waals surface area contributed by atoms with Gasteiger partial charge in [0.1, 0.15) is 0 Å². The van der Waals surface area contributed by atoms with Crippen LogP contribution in [0.3, 0.4) is 0 Å². The Morgan fingerprint density at radius 1 is 1.42 bits per heavy atom. The lowest BCUT2D eigenvalue weighted by molar-refractivity contribution is 0.0689. The van der Waals surface area contributed by atoms with E-state index in [2.05, 4.69) is 5.10 Å². The smallest absolute Gasteiger partial charge is 0.356 e. The Bertz CT molecular complexity index is 632. The van der Waals surface area contributed by atoms with Crippen LogP contribution in [0.25, 0.3) is 0 Å². The van der Waals surface area contributed by atoms with Gasteiger partial charge in [-0.25, -0.2) is 4.79 Å². The number of aromatic nitrogens is 2. The van der Waals surface area contributed by atoms with Crippen LogP contribution in [0.5, 0.6) is 0 Å². The van der Waals surface area contributed by atoms with Crippen molar-refractivity contribution in [3.8, 4) is 0 Å². The maximum Gasteiger partial charge on any atom is 0.356 e. The van der Waals surface area contributed by atoms with Crippen molar-refractivity contribution in [3.63, 3.8) is 0 Å².